The summed E-state index contributed by atoms with van der Waals surface area (Å²) in [6, 6.07) is 7.63. The number of methoxy groups -OCH3 is 1. The maximum absolute atomic E-state index is 11.9. The largest absolute Gasteiger partial charge is 0.496 e. The second-order valence-corrected chi connectivity index (χ2v) is 4.07. The molecule has 4 heteroatoms. The van der Waals surface area contributed by atoms with Crippen LogP contribution in [0.15, 0.2) is 24.3 Å². The summed E-state index contributed by atoms with van der Waals surface area (Å²) >= 11 is 0. The van der Waals surface area contributed by atoms with E-state index in [1.54, 1.807) is 19.2 Å². The average Bonchev–Trinajstić information content (AvgIpc) is 2.34. The van der Waals surface area contributed by atoms with E-state index in [1.165, 1.54) is 0 Å². The van der Waals surface area contributed by atoms with Crippen molar-refractivity contribution in [1.82, 2.24) is 10.6 Å². The molecule has 1 amide bonds. The molecule has 0 aliphatic carbocycles. The summed E-state index contributed by atoms with van der Waals surface area (Å²) in [5.74, 6) is 0.495. The van der Waals surface area contributed by atoms with E-state index in [0.717, 1.165) is 6.54 Å². The third-order valence-electron chi connectivity index (χ3n) is 2.31. The van der Waals surface area contributed by atoms with Crippen molar-refractivity contribution < 1.29 is 9.53 Å². The van der Waals surface area contributed by atoms with Gasteiger partial charge in [0.25, 0.3) is 5.91 Å². The first-order valence-corrected chi connectivity index (χ1v) is 5.79. The second kappa shape index (κ2) is 6.91. The molecule has 17 heavy (non-hydrogen) atoms. The Bertz CT molecular complexity index is 364. The number of hydrogen-bond acceptors (Lipinski definition) is 3. The van der Waals surface area contributed by atoms with Crippen molar-refractivity contribution >= 4 is 5.91 Å². The van der Waals surface area contributed by atoms with Gasteiger partial charge in [-0.2, -0.15) is 0 Å². The average molecular weight is 236 g/mol. The number of nitrogens with one attached hydrogen (secondary N) is 2. The summed E-state index contributed by atoms with van der Waals surface area (Å²) in [7, 11) is 1.56. The lowest BCUT2D eigenvalue weighted by Gasteiger charge is -2.10. The lowest BCUT2D eigenvalue weighted by Crippen LogP contribution is -2.34. The van der Waals surface area contributed by atoms with E-state index < -0.39 is 0 Å². The SMILES string of the molecule is COc1ccccc1C(=O)NCCNC(C)C. The van der Waals surface area contributed by atoms with Gasteiger partial charge in [0, 0.05) is 19.1 Å². The highest BCUT2D eigenvalue weighted by atomic mass is 16.5. The van der Waals surface area contributed by atoms with E-state index in [1.807, 2.05) is 12.1 Å². The van der Waals surface area contributed by atoms with Gasteiger partial charge in [0.15, 0.2) is 0 Å². The Hall–Kier alpha value is -1.55. The van der Waals surface area contributed by atoms with Crippen LogP contribution >= 0.6 is 0 Å². The zero-order valence-electron chi connectivity index (χ0n) is 10.6. The molecule has 1 aromatic carbocycles. The molecule has 0 saturated heterocycles. The molecule has 0 aromatic heterocycles. The molecule has 0 atom stereocenters. The van der Waals surface area contributed by atoms with Gasteiger partial charge in [-0.25, -0.2) is 0 Å². The van der Waals surface area contributed by atoms with Gasteiger partial charge in [0.1, 0.15) is 5.75 Å². The fourth-order valence-corrected chi connectivity index (χ4v) is 1.46. The van der Waals surface area contributed by atoms with Crippen LogP contribution in [-0.4, -0.2) is 32.1 Å². The maximum atomic E-state index is 11.9. The zero-order chi connectivity index (χ0) is 12.7. The molecule has 0 heterocycles. The molecule has 0 aliphatic rings. The summed E-state index contributed by atoms with van der Waals surface area (Å²) in [4.78, 5) is 11.9. The van der Waals surface area contributed by atoms with Crippen LogP contribution < -0.4 is 15.4 Å². The topological polar surface area (TPSA) is 50.4 Å². The molecule has 0 radical (unpaired) electrons. The minimum absolute atomic E-state index is 0.104. The Morgan fingerprint density at radius 3 is 2.65 bits per heavy atom. The number of hydrogen-bond donors (Lipinski definition) is 2. The van der Waals surface area contributed by atoms with Crippen molar-refractivity contribution in [3.63, 3.8) is 0 Å². The van der Waals surface area contributed by atoms with Gasteiger partial charge >= 0.3 is 0 Å². The Morgan fingerprint density at radius 1 is 1.29 bits per heavy atom. The van der Waals surface area contributed by atoms with Gasteiger partial charge in [-0.3, -0.25) is 4.79 Å². The Labute approximate surface area is 102 Å². The van der Waals surface area contributed by atoms with Gasteiger partial charge in [-0.1, -0.05) is 26.0 Å². The van der Waals surface area contributed by atoms with Gasteiger partial charge in [-0.15, -0.1) is 0 Å². The van der Waals surface area contributed by atoms with E-state index in [0.29, 0.717) is 23.9 Å². The Morgan fingerprint density at radius 2 is 2.00 bits per heavy atom. The number of benzene rings is 1. The molecule has 0 saturated carbocycles. The van der Waals surface area contributed by atoms with Crippen LogP contribution in [-0.2, 0) is 0 Å². The normalized spacial score (nSPS) is 10.4. The molecular formula is C13H20N2O2. The van der Waals surface area contributed by atoms with Crippen LogP contribution in [0.25, 0.3) is 0 Å². The highest BCUT2D eigenvalue weighted by molar-refractivity contribution is 5.96. The number of rotatable bonds is 6. The molecule has 0 fully saturated rings. The van der Waals surface area contributed by atoms with Crippen molar-refractivity contribution in [3.8, 4) is 5.75 Å². The molecule has 1 rings (SSSR count). The monoisotopic (exact) mass is 236 g/mol. The number of amides is 1. The lowest BCUT2D eigenvalue weighted by molar-refractivity contribution is 0.0950. The summed E-state index contributed by atoms with van der Waals surface area (Å²) in [6.07, 6.45) is 0. The standard InChI is InChI=1S/C13H20N2O2/c1-10(2)14-8-9-15-13(16)11-6-4-5-7-12(11)17-3/h4-7,10,14H,8-9H2,1-3H3,(H,15,16). The predicted molar refractivity (Wildman–Crippen MR) is 68.5 cm³/mol. The highest BCUT2D eigenvalue weighted by Gasteiger charge is 2.10. The number of carbonyl (C=O) groups excluding carboxylic acids is 1. The van der Waals surface area contributed by atoms with Crippen molar-refractivity contribution in [2.75, 3.05) is 20.2 Å². The second-order valence-electron chi connectivity index (χ2n) is 4.07. The first-order chi connectivity index (χ1) is 8.15. The summed E-state index contributed by atoms with van der Waals surface area (Å²) < 4.78 is 5.13. The summed E-state index contributed by atoms with van der Waals surface area (Å²) in [5, 5.41) is 6.08. The van der Waals surface area contributed by atoms with E-state index in [-0.39, 0.29) is 5.91 Å². The molecule has 0 unspecified atom stereocenters. The van der Waals surface area contributed by atoms with Gasteiger partial charge in [0.05, 0.1) is 12.7 Å². The third-order valence-corrected chi connectivity index (χ3v) is 2.31. The molecule has 0 spiro atoms. The van der Waals surface area contributed by atoms with Crippen molar-refractivity contribution in [2.45, 2.75) is 19.9 Å². The zero-order valence-corrected chi connectivity index (χ0v) is 10.6. The minimum atomic E-state index is -0.104. The number of para-hydroxylation sites is 1. The first-order valence-electron chi connectivity index (χ1n) is 5.79. The summed E-state index contributed by atoms with van der Waals surface area (Å²) in [6.45, 7) is 5.51. The Kier molecular flexibility index (Phi) is 5.49. The number of ether oxygens (including phenoxy) is 1. The van der Waals surface area contributed by atoms with Crippen molar-refractivity contribution in [2.24, 2.45) is 0 Å². The van der Waals surface area contributed by atoms with Crippen LogP contribution in [0.1, 0.15) is 24.2 Å². The fourth-order valence-electron chi connectivity index (χ4n) is 1.46. The van der Waals surface area contributed by atoms with E-state index in [2.05, 4.69) is 24.5 Å². The molecular weight excluding hydrogens is 216 g/mol. The van der Waals surface area contributed by atoms with E-state index >= 15 is 0 Å². The highest BCUT2D eigenvalue weighted by Crippen LogP contribution is 2.16. The van der Waals surface area contributed by atoms with Crippen molar-refractivity contribution in [3.05, 3.63) is 29.8 Å². The Balaban J connectivity index is 2.47. The molecule has 94 valence electrons. The van der Waals surface area contributed by atoms with Gasteiger partial charge < -0.3 is 15.4 Å². The first kappa shape index (κ1) is 13.5. The van der Waals surface area contributed by atoms with Crippen LogP contribution in [0.4, 0.5) is 0 Å². The van der Waals surface area contributed by atoms with Crippen LogP contribution in [0.2, 0.25) is 0 Å². The van der Waals surface area contributed by atoms with Crippen LogP contribution in [0.5, 0.6) is 5.75 Å². The van der Waals surface area contributed by atoms with Crippen LogP contribution in [0, 0.1) is 0 Å². The fraction of sp³-hybridized carbons (Fsp3) is 0.462. The molecule has 1 aromatic rings. The van der Waals surface area contributed by atoms with E-state index in [4.69, 9.17) is 4.74 Å². The summed E-state index contributed by atoms with van der Waals surface area (Å²) in [5.41, 5.74) is 0.569. The van der Waals surface area contributed by atoms with Crippen molar-refractivity contribution in [1.29, 1.82) is 0 Å². The lowest BCUT2D eigenvalue weighted by atomic mass is 10.2. The molecule has 2 N–H and O–H groups in total. The quantitative estimate of drug-likeness (QED) is 0.734. The minimum Gasteiger partial charge on any atom is -0.496 e. The predicted octanol–water partition coefficient (Wildman–Crippen LogP) is 1.42. The molecule has 4 nitrogen and oxygen atoms in total. The smallest absolute Gasteiger partial charge is 0.255 e. The molecule has 0 bridgehead atoms. The third kappa shape index (κ3) is 4.44. The maximum Gasteiger partial charge on any atom is 0.255 e. The molecule has 0 aliphatic heterocycles. The van der Waals surface area contributed by atoms with Gasteiger partial charge in [0.2, 0.25) is 0 Å². The van der Waals surface area contributed by atoms with Gasteiger partial charge in [-0.05, 0) is 12.1 Å². The number of carbonyl (C=O) groups is 1. The van der Waals surface area contributed by atoms with E-state index in [9.17, 15) is 4.79 Å². The van der Waals surface area contributed by atoms with Crippen LogP contribution in [0.3, 0.4) is 0 Å².